The lowest BCUT2D eigenvalue weighted by molar-refractivity contribution is -0.153. The maximum atomic E-state index is 13.4. The number of anilines is 1. The van der Waals surface area contributed by atoms with Crippen molar-refractivity contribution in [2.24, 2.45) is 5.92 Å². The molecule has 1 aliphatic heterocycles. The normalized spacial score (nSPS) is 23.1. The van der Waals surface area contributed by atoms with Crippen LogP contribution in [0.5, 0.6) is 0 Å². The zero-order valence-electron chi connectivity index (χ0n) is 14.6. The summed E-state index contributed by atoms with van der Waals surface area (Å²) in [5.74, 6) is -3.65. The standard InChI is InChI=1S/C18H13BrF4N4O2/c19-9-1-2-11-12(3-9)17(4-13(17)18(21,22)23)8-27(15(11)29)7-14(28)26-16-24-5-10(20)6-25-16/h1-3,5-6,13H,4,7-8H2,(H,24,25,26,28)/t13-,17-/m1/s1. The van der Waals surface area contributed by atoms with E-state index in [9.17, 15) is 27.2 Å². The Hall–Kier alpha value is -2.56. The zero-order valence-corrected chi connectivity index (χ0v) is 16.2. The first-order valence-electron chi connectivity index (χ1n) is 8.53. The number of carbonyl (C=O) groups is 2. The minimum Gasteiger partial charge on any atom is -0.328 e. The lowest BCUT2D eigenvalue weighted by atomic mass is 9.84. The van der Waals surface area contributed by atoms with Crippen LogP contribution in [-0.4, -0.2) is 45.9 Å². The average Bonchev–Trinajstić information content (AvgIpc) is 3.37. The fourth-order valence-corrected chi connectivity index (χ4v) is 4.19. The van der Waals surface area contributed by atoms with E-state index in [2.05, 4.69) is 31.2 Å². The molecular formula is C18H13BrF4N4O2. The molecule has 0 saturated heterocycles. The van der Waals surface area contributed by atoms with Crippen molar-refractivity contribution in [3.8, 4) is 0 Å². The van der Waals surface area contributed by atoms with Crippen LogP contribution in [0.1, 0.15) is 22.3 Å². The summed E-state index contributed by atoms with van der Waals surface area (Å²) in [5.41, 5.74) is -0.771. The average molecular weight is 473 g/mol. The van der Waals surface area contributed by atoms with Crippen molar-refractivity contribution in [3.05, 3.63) is 52.0 Å². The molecule has 1 fully saturated rings. The molecule has 2 amide bonds. The number of nitrogens with zero attached hydrogens (tertiary/aromatic N) is 3. The molecule has 1 aromatic carbocycles. The van der Waals surface area contributed by atoms with Crippen LogP contribution < -0.4 is 5.32 Å². The zero-order chi connectivity index (χ0) is 21.0. The van der Waals surface area contributed by atoms with E-state index < -0.39 is 41.7 Å². The third kappa shape index (κ3) is 3.59. The smallest absolute Gasteiger partial charge is 0.328 e. The number of nitrogens with one attached hydrogen (secondary N) is 1. The van der Waals surface area contributed by atoms with E-state index in [1.807, 2.05) is 0 Å². The predicted molar refractivity (Wildman–Crippen MR) is 96.5 cm³/mol. The number of carbonyl (C=O) groups excluding carboxylic acids is 2. The number of hydrogen-bond acceptors (Lipinski definition) is 4. The highest BCUT2D eigenvalue weighted by Crippen LogP contribution is 2.63. The Labute approximate surface area is 170 Å². The molecule has 2 heterocycles. The minimum absolute atomic E-state index is 0.146. The van der Waals surface area contributed by atoms with Crippen LogP contribution in [0.25, 0.3) is 0 Å². The number of rotatable bonds is 3. The Morgan fingerprint density at radius 3 is 2.62 bits per heavy atom. The van der Waals surface area contributed by atoms with E-state index in [-0.39, 0.29) is 24.5 Å². The second kappa shape index (κ2) is 6.75. The highest BCUT2D eigenvalue weighted by atomic mass is 79.9. The van der Waals surface area contributed by atoms with Gasteiger partial charge in [-0.05, 0) is 30.2 Å². The lowest BCUT2D eigenvalue weighted by Crippen LogP contribution is -2.48. The summed E-state index contributed by atoms with van der Waals surface area (Å²) in [7, 11) is 0. The minimum atomic E-state index is -4.41. The van der Waals surface area contributed by atoms with Gasteiger partial charge in [0.1, 0.15) is 6.54 Å². The van der Waals surface area contributed by atoms with Gasteiger partial charge in [-0.2, -0.15) is 13.2 Å². The van der Waals surface area contributed by atoms with Crippen molar-refractivity contribution in [1.82, 2.24) is 14.9 Å². The van der Waals surface area contributed by atoms with E-state index >= 15 is 0 Å². The van der Waals surface area contributed by atoms with Crippen molar-refractivity contribution >= 4 is 33.7 Å². The molecule has 11 heteroatoms. The maximum absolute atomic E-state index is 13.4. The molecule has 1 N–H and O–H groups in total. The second-order valence-corrected chi connectivity index (χ2v) is 7.99. The number of benzene rings is 1. The van der Waals surface area contributed by atoms with Gasteiger partial charge in [-0.3, -0.25) is 14.9 Å². The van der Waals surface area contributed by atoms with Gasteiger partial charge in [-0.25, -0.2) is 14.4 Å². The first kappa shape index (κ1) is 19.7. The van der Waals surface area contributed by atoms with Crippen LogP contribution in [-0.2, 0) is 10.2 Å². The van der Waals surface area contributed by atoms with Crippen LogP contribution in [0.4, 0.5) is 23.5 Å². The summed E-state index contributed by atoms with van der Waals surface area (Å²) in [4.78, 5) is 33.3. The van der Waals surface area contributed by atoms with E-state index in [1.54, 1.807) is 12.1 Å². The summed E-state index contributed by atoms with van der Waals surface area (Å²) in [6.07, 6.45) is -2.84. The first-order valence-corrected chi connectivity index (χ1v) is 9.33. The number of alkyl halides is 3. The molecule has 2 atom stereocenters. The van der Waals surface area contributed by atoms with Crippen molar-refractivity contribution in [2.75, 3.05) is 18.4 Å². The van der Waals surface area contributed by atoms with Gasteiger partial charge < -0.3 is 4.90 Å². The monoisotopic (exact) mass is 472 g/mol. The Bertz CT molecular complexity index is 998. The van der Waals surface area contributed by atoms with Gasteiger partial charge >= 0.3 is 6.18 Å². The Morgan fingerprint density at radius 2 is 2.00 bits per heavy atom. The third-order valence-electron chi connectivity index (χ3n) is 5.19. The van der Waals surface area contributed by atoms with E-state index in [4.69, 9.17) is 0 Å². The fraction of sp³-hybridized carbons (Fsp3) is 0.333. The van der Waals surface area contributed by atoms with E-state index in [0.29, 0.717) is 10.0 Å². The summed E-state index contributed by atoms with van der Waals surface area (Å²) >= 11 is 3.25. The van der Waals surface area contributed by atoms with Gasteiger partial charge in [0, 0.05) is 22.0 Å². The topological polar surface area (TPSA) is 75.2 Å². The van der Waals surface area contributed by atoms with Crippen LogP contribution >= 0.6 is 15.9 Å². The summed E-state index contributed by atoms with van der Waals surface area (Å²) in [5, 5.41) is 2.31. The number of halogens is 5. The lowest BCUT2D eigenvalue weighted by Gasteiger charge is -2.35. The number of amides is 2. The number of fused-ring (bicyclic) bond motifs is 2. The van der Waals surface area contributed by atoms with E-state index in [1.165, 1.54) is 6.07 Å². The van der Waals surface area contributed by atoms with Gasteiger partial charge in [0.25, 0.3) is 5.91 Å². The van der Waals surface area contributed by atoms with Crippen molar-refractivity contribution < 1.29 is 27.2 Å². The molecule has 0 bridgehead atoms. The highest BCUT2D eigenvalue weighted by molar-refractivity contribution is 9.10. The SMILES string of the molecule is O=C(CN1C[C@]2(C[C@H]2C(F)(F)F)c2cc(Br)ccc2C1=O)Nc1ncc(F)cn1. The van der Waals surface area contributed by atoms with Crippen LogP contribution in [0, 0.1) is 11.7 Å². The third-order valence-corrected chi connectivity index (χ3v) is 5.68. The molecule has 0 radical (unpaired) electrons. The molecule has 4 rings (SSSR count). The molecular weight excluding hydrogens is 460 g/mol. The van der Waals surface area contributed by atoms with Crippen molar-refractivity contribution in [2.45, 2.75) is 18.0 Å². The molecule has 6 nitrogen and oxygen atoms in total. The molecule has 2 aliphatic rings. The molecule has 1 spiro atoms. The Kier molecular flexibility index (Phi) is 4.60. The molecule has 1 saturated carbocycles. The maximum Gasteiger partial charge on any atom is 0.392 e. The molecule has 0 unspecified atom stereocenters. The summed E-state index contributed by atoms with van der Waals surface area (Å²) in [6.45, 7) is -0.696. The molecule has 2 aromatic rings. The van der Waals surface area contributed by atoms with Crippen molar-refractivity contribution in [1.29, 1.82) is 0 Å². The van der Waals surface area contributed by atoms with Crippen LogP contribution in [0.3, 0.4) is 0 Å². The highest BCUT2D eigenvalue weighted by Gasteiger charge is 2.69. The Balaban J connectivity index is 1.59. The first-order chi connectivity index (χ1) is 13.6. The number of hydrogen-bond donors (Lipinski definition) is 1. The molecule has 1 aliphatic carbocycles. The predicted octanol–water partition coefficient (Wildman–Crippen LogP) is 3.29. The summed E-state index contributed by atoms with van der Waals surface area (Å²) < 4.78 is 53.7. The van der Waals surface area contributed by atoms with Gasteiger partial charge in [-0.15, -0.1) is 0 Å². The van der Waals surface area contributed by atoms with Crippen LogP contribution in [0.2, 0.25) is 0 Å². The van der Waals surface area contributed by atoms with Gasteiger partial charge in [0.15, 0.2) is 5.82 Å². The number of aromatic nitrogens is 2. The molecule has 1 aromatic heterocycles. The Morgan fingerprint density at radius 1 is 1.31 bits per heavy atom. The van der Waals surface area contributed by atoms with Crippen LogP contribution in [0.15, 0.2) is 35.1 Å². The molecule has 152 valence electrons. The van der Waals surface area contributed by atoms with Gasteiger partial charge in [-0.1, -0.05) is 15.9 Å². The fourth-order valence-electron chi connectivity index (χ4n) is 3.83. The van der Waals surface area contributed by atoms with Gasteiger partial charge in [0.2, 0.25) is 11.9 Å². The van der Waals surface area contributed by atoms with Crippen molar-refractivity contribution in [3.63, 3.8) is 0 Å². The largest absolute Gasteiger partial charge is 0.392 e. The quantitative estimate of drug-likeness (QED) is 0.695. The molecule has 29 heavy (non-hydrogen) atoms. The summed E-state index contributed by atoms with van der Waals surface area (Å²) in [6, 6.07) is 4.58. The second-order valence-electron chi connectivity index (χ2n) is 7.08. The van der Waals surface area contributed by atoms with Gasteiger partial charge in [0.05, 0.1) is 18.3 Å². The van der Waals surface area contributed by atoms with E-state index in [0.717, 1.165) is 17.3 Å².